The van der Waals surface area contributed by atoms with Crippen molar-refractivity contribution in [3.05, 3.63) is 51.1 Å². The van der Waals surface area contributed by atoms with Gasteiger partial charge in [0.15, 0.2) is 0 Å². The maximum Gasteiger partial charge on any atom is 0.387 e. The quantitative estimate of drug-likeness (QED) is 0.590. The molecule has 0 saturated carbocycles. The second kappa shape index (κ2) is 8.48. The summed E-state index contributed by atoms with van der Waals surface area (Å²) in [7, 11) is 0. The van der Waals surface area contributed by atoms with E-state index in [1.807, 2.05) is 24.3 Å². The first-order chi connectivity index (χ1) is 11.3. The van der Waals surface area contributed by atoms with Crippen molar-refractivity contribution in [3.63, 3.8) is 0 Å². The van der Waals surface area contributed by atoms with Gasteiger partial charge in [-0.3, -0.25) is 4.79 Å². The molecule has 24 heavy (non-hydrogen) atoms. The van der Waals surface area contributed by atoms with Crippen molar-refractivity contribution in [1.82, 2.24) is 0 Å². The molecule has 0 aliphatic rings. The molecule has 1 amide bonds. The van der Waals surface area contributed by atoms with Gasteiger partial charge in [-0.1, -0.05) is 11.6 Å². The van der Waals surface area contributed by atoms with Crippen LogP contribution in [0.15, 0.2) is 42.5 Å². The van der Waals surface area contributed by atoms with E-state index in [1.54, 1.807) is 6.92 Å². The predicted molar refractivity (Wildman–Crippen MR) is 99.0 cm³/mol. The number of nitrogens with one attached hydrogen (secondary N) is 2. The Morgan fingerprint density at radius 2 is 1.79 bits per heavy atom. The maximum atomic E-state index is 12.2. The summed E-state index contributed by atoms with van der Waals surface area (Å²) in [5, 5.41) is 5.73. The van der Waals surface area contributed by atoms with Gasteiger partial charge in [0, 0.05) is 14.9 Å². The van der Waals surface area contributed by atoms with Crippen LogP contribution >= 0.6 is 34.2 Å². The number of hydrogen-bond acceptors (Lipinski definition) is 3. The molecule has 0 radical (unpaired) electrons. The molecule has 0 unspecified atom stereocenters. The smallest absolute Gasteiger partial charge is 0.387 e. The lowest BCUT2D eigenvalue weighted by atomic mass is 10.2. The van der Waals surface area contributed by atoms with Crippen molar-refractivity contribution in [2.45, 2.75) is 19.6 Å². The number of rotatable bonds is 6. The Balaban J connectivity index is 1.98. The van der Waals surface area contributed by atoms with Crippen LogP contribution in [0.2, 0.25) is 5.02 Å². The lowest BCUT2D eigenvalue weighted by molar-refractivity contribution is -0.116. The van der Waals surface area contributed by atoms with Gasteiger partial charge in [-0.2, -0.15) is 8.78 Å². The number of carbonyl (C=O) groups excluding carboxylic acids is 1. The van der Waals surface area contributed by atoms with Gasteiger partial charge in [0.25, 0.3) is 0 Å². The van der Waals surface area contributed by atoms with E-state index in [1.165, 1.54) is 18.2 Å². The lowest BCUT2D eigenvalue weighted by Gasteiger charge is -2.16. The summed E-state index contributed by atoms with van der Waals surface area (Å²) in [6, 6.07) is 11.2. The summed E-state index contributed by atoms with van der Waals surface area (Å²) < 4.78 is 29.7. The fraction of sp³-hybridized carbons (Fsp3) is 0.188. The second-order valence-corrected chi connectivity index (χ2v) is 6.54. The fourth-order valence-electron chi connectivity index (χ4n) is 1.88. The normalized spacial score (nSPS) is 11.9. The summed E-state index contributed by atoms with van der Waals surface area (Å²) in [4.78, 5) is 12.2. The molecule has 128 valence electrons. The van der Waals surface area contributed by atoms with E-state index in [0.29, 0.717) is 5.69 Å². The molecule has 4 nitrogen and oxygen atoms in total. The van der Waals surface area contributed by atoms with Gasteiger partial charge in [-0.05, 0) is 72.0 Å². The molecule has 0 bridgehead atoms. The number of benzene rings is 2. The number of amides is 1. The zero-order valence-electron chi connectivity index (χ0n) is 12.5. The zero-order chi connectivity index (χ0) is 17.7. The van der Waals surface area contributed by atoms with E-state index in [2.05, 4.69) is 38.0 Å². The molecule has 0 saturated heterocycles. The highest BCUT2D eigenvalue weighted by Crippen LogP contribution is 2.29. The number of hydrogen-bond donors (Lipinski definition) is 2. The Bertz CT molecular complexity index is 714. The minimum Gasteiger partial charge on any atom is -0.433 e. The van der Waals surface area contributed by atoms with Crippen molar-refractivity contribution in [2.24, 2.45) is 0 Å². The van der Waals surface area contributed by atoms with Crippen LogP contribution in [-0.2, 0) is 4.79 Å². The van der Waals surface area contributed by atoms with Gasteiger partial charge in [0.1, 0.15) is 11.8 Å². The lowest BCUT2D eigenvalue weighted by Crippen LogP contribution is -2.31. The molecule has 0 aromatic heterocycles. The predicted octanol–water partition coefficient (Wildman–Crippen LogP) is 4.99. The zero-order valence-corrected chi connectivity index (χ0v) is 15.4. The molecule has 0 fully saturated rings. The maximum absolute atomic E-state index is 12.2. The van der Waals surface area contributed by atoms with E-state index < -0.39 is 12.7 Å². The highest BCUT2D eigenvalue weighted by atomic mass is 127. The van der Waals surface area contributed by atoms with Gasteiger partial charge in [-0.25, -0.2) is 0 Å². The number of ether oxygens (including phenoxy) is 1. The fourth-order valence-corrected chi connectivity index (χ4v) is 2.47. The Labute approximate surface area is 156 Å². The van der Waals surface area contributed by atoms with Crippen LogP contribution in [0.3, 0.4) is 0 Å². The number of anilines is 2. The average molecular weight is 467 g/mol. The van der Waals surface area contributed by atoms with Gasteiger partial charge >= 0.3 is 6.61 Å². The van der Waals surface area contributed by atoms with E-state index in [9.17, 15) is 13.6 Å². The van der Waals surface area contributed by atoms with Crippen LogP contribution in [0.5, 0.6) is 5.75 Å². The Morgan fingerprint density at radius 3 is 2.38 bits per heavy atom. The number of halogens is 4. The molecule has 2 aromatic rings. The minimum atomic E-state index is -2.96. The molecule has 0 aliphatic heterocycles. The van der Waals surface area contributed by atoms with Crippen molar-refractivity contribution in [1.29, 1.82) is 0 Å². The average Bonchev–Trinajstić information content (AvgIpc) is 2.52. The summed E-state index contributed by atoms with van der Waals surface area (Å²) in [5.41, 5.74) is 1.21. The highest BCUT2D eigenvalue weighted by Gasteiger charge is 2.14. The van der Waals surface area contributed by atoms with Crippen molar-refractivity contribution in [3.8, 4) is 5.75 Å². The van der Waals surface area contributed by atoms with E-state index in [-0.39, 0.29) is 16.7 Å². The van der Waals surface area contributed by atoms with E-state index >= 15 is 0 Å². The van der Waals surface area contributed by atoms with Crippen molar-refractivity contribution >= 4 is 51.5 Å². The molecule has 2 rings (SSSR count). The van der Waals surface area contributed by atoms with Gasteiger partial charge in [0.2, 0.25) is 5.91 Å². The topological polar surface area (TPSA) is 50.4 Å². The van der Waals surface area contributed by atoms with Gasteiger partial charge < -0.3 is 15.4 Å². The molecular weight excluding hydrogens is 453 g/mol. The first kappa shape index (κ1) is 18.7. The minimum absolute atomic E-state index is 0.00801. The van der Waals surface area contributed by atoms with Crippen LogP contribution in [0.25, 0.3) is 0 Å². The third-order valence-corrected chi connectivity index (χ3v) is 4.05. The third-order valence-electron chi connectivity index (χ3n) is 3.04. The van der Waals surface area contributed by atoms with Crippen LogP contribution in [0.4, 0.5) is 20.2 Å². The number of alkyl halides is 2. The SMILES string of the molecule is C[C@H](Nc1ccc(I)cc1)C(=O)Nc1ccc(OC(F)F)c(Cl)c1. The van der Waals surface area contributed by atoms with E-state index in [0.717, 1.165) is 9.26 Å². The van der Waals surface area contributed by atoms with Crippen LogP contribution < -0.4 is 15.4 Å². The molecule has 1 atom stereocenters. The second-order valence-electron chi connectivity index (χ2n) is 4.89. The summed E-state index contributed by atoms with van der Waals surface area (Å²) >= 11 is 8.05. The Hall–Kier alpha value is -1.61. The third kappa shape index (κ3) is 5.48. The molecule has 0 aliphatic carbocycles. The molecular formula is C16H14ClF2IN2O2. The van der Waals surface area contributed by atoms with Crippen molar-refractivity contribution in [2.75, 3.05) is 10.6 Å². The van der Waals surface area contributed by atoms with Crippen LogP contribution in [0.1, 0.15) is 6.92 Å². The Kier molecular flexibility index (Phi) is 6.61. The molecule has 0 spiro atoms. The van der Waals surface area contributed by atoms with Crippen LogP contribution in [0, 0.1) is 3.57 Å². The highest BCUT2D eigenvalue weighted by molar-refractivity contribution is 14.1. The molecule has 2 N–H and O–H groups in total. The number of carbonyl (C=O) groups is 1. The van der Waals surface area contributed by atoms with Crippen LogP contribution in [-0.4, -0.2) is 18.6 Å². The molecule has 2 aromatic carbocycles. The Morgan fingerprint density at radius 1 is 1.17 bits per heavy atom. The van der Waals surface area contributed by atoms with Crippen molar-refractivity contribution < 1.29 is 18.3 Å². The molecule has 8 heteroatoms. The first-order valence-electron chi connectivity index (χ1n) is 6.92. The summed E-state index contributed by atoms with van der Waals surface area (Å²) in [6.45, 7) is -1.25. The standard InChI is InChI=1S/C16H14ClF2IN2O2/c1-9(21-11-4-2-10(20)3-5-11)15(23)22-12-6-7-14(13(17)8-12)24-16(18)19/h2-9,16,21H,1H3,(H,22,23)/t9-/m0/s1. The monoisotopic (exact) mass is 466 g/mol. The summed E-state index contributed by atoms with van der Waals surface area (Å²) in [5.74, 6) is -0.429. The van der Waals surface area contributed by atoms with Gasteiger partial charge in [-0.15, -0.1) is 0 Å². The van der Waals surface area contributed by atoms with E-state index in [4.69, 9.17) is 11.6 Å². The first-order valence-corrected chi connectivity index (χ1v) is 8.38. The summed E-state index contributed by atoms with van der Waals surface area (Å²) in [6.07, 6.45) is 0. The van der Waals surface area contributed by atoms with Gasteiger partial charge in [0.05, 0.1) is 5.02 Å². The molecule has 0 heterocycles. The largest absolute Gasteiger partial charge is 0.433 e.